The van der Waals surface area contributed by atoms with Crippen molar-refractivity contribution >= 4 is 29.2 Å². The summed E-state index contributed by atoms with van der Waals surface area (Å²) in [7, 11) is -5.12. The molecule has 10 heteroatoms. The van der Waals surface area contributed by atoms with Crippen molar-refractivity contribution in [2.75, 3.05) is 32.8 Å². The van der Waals surface area contributed by atoms with Crippen LogP contribution in [0.2, 0.25) is 0 Å². The lowest BCUT2D eigenvalue weighted by atomic mass is 9.98. The Labute approximate surface area is 221 Å². The van der Waals surface area contributed by atoms with E-state index in [4.69, 9.17) is 4.74 Å². The summed E-state index contributed by atoms with van der Waals surface area (Å²) in [6.07, 6.45) is -0.334. The molecule has 1 aliphatic carbocycles. The molecule has 194 valence electrons. The zero-order valence-corrected chi connectivity index (χ0v) is 22.0. The summed E-state index contributed by atoms with van der Waals surface area (Å²) in [6.45, 7) is 4.84. The van der Waals surface area contributed by atoms with Gasteiger partial charge in [0.1, 0.15) is 12.4 Å². The highest BCUT2D eigenvalue weighted by Gasteiger charge is 2.30. The van der Waals surface area contributed by atoms with Crippen molar-refractivity contribution in [3.8, 4) is 16.9 Å². The fourth-order valence-corrected chi connectivity index (χ4v) is 5.67. The maximum atomic E-state index is 13.0. The van der Waals surface area contributed by atoms with E-state index in [1.165, 1.54) is 34.4 Å². The van der Waals surface area contributed by atoms with Gasteiger partial charge in [0.05, 0.1) is 0 Å². The summed E-state index contributed by atoms with van der Waals surface area (Å²) >= 11 is 4.36. The quantitative estimate of drug-likeness (QED) is 0.351. The normalized spacial score (nSPS) is 15.8. The summed E-state index contributed by atoms with van der Waals surface area (Å²) in [6, 6.07) is 19.3. The number of benzene rings is 3. The highest BCUT2D eigenvalue weighted by atomic mass is 32.3. The molecule has 1 amide bonds. The first-order valence-corrected chi connectivity index (χ1v) is 13.7. The molecule has 2 aliphatic rings. The van der Waals surface area contributed by atoms with Crippen LogP contribution >= 0.6 is 12.6 Å². The zero-order chi connectivity index (χ0) is 26.2. The smallest absolute Gasteiger partial charge is 0.448 e. The summed E-state index contributed by atoms with van der Waals surface area (Å²) in [4.78, 5) is 17.2. The molecule has 0 atom stereocenters. The molecule has 7 nitrogen and oxygen atoms in total. The van der Waals surface area contributed by atoms with E-state index in [1.54, 1.807) is 4.90 Å². The third-order valence-electron chi connectivity index (χ3n) is 7.02. The van der Waals surface area contributed by atoms with E-state index in [0.717, 1.165) is 11.1 Å². The molecule has 1 fully saturated rings. The third kappa shape index (κ3) is 5.61. The van der Waals surface area contributed by atoms with Gasteiger partial charge in [0.15, 0.2) is 0 Å². The molecule has 0 N–H and O–H groups in total. The summed E-state index contributed by atoms with van der Waals surface area (Å²) in [5.41, 5.74) is 6.35. The van der Waals surface area contributed by atoms with Crippen molar-refractivity contribution < 1.29 is 26.0 Å². The largest absolute Gasteiger partial charge is 0.488 e. The van der Waals surface area contributed by atoms with Crippen LogP contribution in [0.4, 0.5) is 8.68 Å². The number of hydrogen-bond acceptors (Lipinski definition) is 7. The van der Waals surface area contributed by atoms with Gasteiger partial charge < -0.3 is 13.8 Å². The molecule has 1 aliphatic heterocycles. The Kier molecular flexibility index (Phi) is 7.15. The molecule has 0 aromatic heterocycles. The number of carbonyl (C=O) groups is 1. The number of ether oxygens (including phenoxy) is 1. The fraction of sp³-hybridized carbons (Fsp3) is 0.296. The van der Waals surface area contributed by atoms with Gasteiger partial charge in [-0.15, -0.1) is 12.6 Å². The predicted octanol–water partition coefficient (Wildman–Crippen LogP) is 4.94. The Bertz CT molecular complexity index is 1390. The van der Waals surface area contributed by atoms with Crippen LogP contribution in [-0.2, 0) is 21.8 Å². The molecule has 5 rings (SSSR count). The second-order valence-corrected chi connectivity index (χ2v) is 10.7. The number of halogens is 1. The van der Waals surface area contributed by atoms with Gasteiger partial charge in [0.25, 0.3) is 0 Å². The molecule has 0 bridgehead atoms. The van der Waals surface area contributed by atoms with E-state index in [-0.39, 0.29) is 24.4 Å². The van der Waals surface area contributed by atoms with E-state index >= 15 is 0 Å². The van der Waals surface area contributed by atoms with Crippen LogP contribution < -0.4 is 4.18 Å². The number of piperazine rings is 1. The molecular formula is C27H27FN2O5S2. The standard InChI is InChI=1S/C27H27FN2O5S2/c1-18-19(14-20(15-26(18)36)35-37(28,32)33)16-29-10-12-30(13-11-29)27(31)34-17-25-23-8-4-2-6-21(23)22-7-3-5-9-24(22)25/h2-9,14-15,25,36H,10-13,16-17H2,1H3. The minimum atomic E-state index is -5.12. The number of nitrogens with zero attached hydrogens (tertiary/aromatic N) is 2. The van der Waals surface area contributed by atoms with Crippen LogP contribution in [0.5, 0.6) is 5.75 Å². The van der Waals surface area contributed by atoms with Crippen LogP contribution in [0.1, 0.15) is 28.2 Å². The molecule has 0 radical (unpaired) electrons. The Morgan fingerprint density at radius 3 is 2.19 bits per heavy atom. The van der Waals surface area contributed by atoms with E-state index in [0.29, 0.717) is 37.6 Å². The predicted molar refractivity (Wildman–Crippen MR) is 141 cm³/mol. The molecule has 0 spiro atoms. The Morgan fingerprint density at radius 1 is 1.00 bits per heavy atom. The van der Waals surface area contributed by atoms with E-state index in [9.17, 15) is 17.1 Å². The van der Waals surface area contributed by atoms with Crippen molar-refractivity contribution in [1.82, 2.24) is 9.80 Å². The van der Waals surface area contributed by atoms with E-state index in [2.05, 4.69) is 46.0 Å². The Hall–Kier alpha value is -3.08. The Morgan fingerprint density at radius 2 is 1.59 bits per heavy atom. The van der Waals surface area contributed by atoms with Crippen molar-refractivity contribution in [3.05, 3.63) is 82.9 Å². The monoisotopic (exact) mass is 542 g/mol. The van der Waals surface area contributed by atoms with Crippen molar-refractivity contribution in [3.63, 3.8) is 0 Å². The van der Waals surface area contributed by atoms with Gasteiger partial charge in [-0.05, 0) is 52.4 Å². The van der Waals surface area contributed by atoms with Gasteiger partial charge in [-0.1, -0.05) is 52.4 Å². The second kappa shape index (κ2) is 10.4. The van der Waals surface area contributed by atoms with Crippen LogP contribution in [0.25, 0.3) is 11.1 Å². The van der Waals surface area contributed by atoms with E-state index in [1.807, 2.05) is 31.2 Å². The molecule has 3 aromatic rings. The number of hydrogen-bond donors (Lipinski definition) is 1. The summed E-state index contributed by atoms with van der Waals surface area (Å²) < 4.78 is 44.9. The van der Waals surface area contributed by atoms with Crippen LogP contribution in [0.15, 0.2) is 65.6 Å². The second-order valence-electron chi connectivity index (χ2n) is 9.27. The first-order valence-electron chi connectivity index (χ1n) is 12.0. The van der Waals surface area contributed by atoms with Gasteiger partial charge in [0.2, 0.25) is 0 Å². The summed E-state index contributed by atoms with van der Waals surface area (Å²) in [5, 5.41) is 0. The van der Waals surface area contributed by atoms with Crippen LogP contribution in [-0.4, -0.2) is 57.1 Å². The third-order valence-corrected chi connectivity index (χ3v) is 7.87. The van der Waals surface area contributed by atoms with Crippen LogP contribution in [0.3, 0.4) is 0 Å². The molecular weight excluding hydrogens is 515 g/mol. The lowest BCUT2D eigenvalue weighted by Gasteiger charge is -2.34. The average Bonchev–Trinajstić information content (AvgIpc) is 3.19. The minimum Gasteiger partial charge on any atom is -0.448 e. The topological polar surface area (TPSA) is 76.2 Å². The van der Waals surface area contributed by atoms with Gasteiger partial charge in [-0.2, -0.15) is 8.42 Å². The molecule has 1 heterocycles. The number of carbonyl (C=O) groups excluding carboxylic acids is 1. The highest BCUT2D eigenvalue weighted by molar-refractivity contribution is 7.81. The van der Waals surface area contributed by atoms with E-state index < -0.39 is 10.5 Å². The molecule has 0 unspecified atom stereocenters. The summed E-state index contributed by atoms with van der Waals surface area (Å²) in [5.74, 6) is -0.107. The maximum Gasteiger partial charge on any atom is 0.488 e. The van der Waals surface area contributed by atoms with Crippen LogP contribution in [0, 0.1) is 6.92 Å². The van der Waals surface area contributed by atoms with Gasteiger partial charge >= 0.3 is 16.6 Å². The van der Waals surface area contributed by atoms with Crippen molar-refractivity contribution in [2.45, 2.75) is 24.3 Å². The SMILES string of the molecule is Cc1c(S)cc(OS(=O)(=O)F)cc1CN1CCN(C(=O)OCC2c3ccccc3-c3ccccc32)CC1. The number of amides is 1. The van der Waals surface area contributed by atoms with Gasteiger partial charge in [0, 0.05) is 43.5 Å². The van der Waals surface area contributed by atoms with Crippen molar-refractivity contribution in [1.29, 1.82) is 0 Å². The number of rotatable bonds is 6. The molecule has 3 aromatic carbocycles. The zero-order valence-electron chi connectivity index (χ0n) is 20.3. The first-order chi connectivity index (χ1) is 17.7. The number of thiol groups is 1. The van der Waals surface area contributed by atoms with Crippen molar-refractivity contribution in [2.24, 2.45) is 0 Å². The van der Waals surface area contributed by atoms with Gasteiger partial charge in [-0.25, -0.2) is 4.79 Å². The molecule has 0 saturated carbocycles. The van der Waals surface area contributed by atoms with Gasteiger partial charge in [-0.3, -0.25) is 4.90 Å². The molecule has 37 heavy (non-hydrogen) atoms. The Balaban J connectivity index is 1.18. The lowest BCUT2D eigenvalue weighted by Crippen LogP contribution is -2.48. The number of fused-ring (bicyclic) bond motifs is 3. The minimum absolute atomic E-state index is 0.0127. The lowest BCUT2D eigenvalue weighted by molar-refractivity contribution is 0.0728. The highest BCUT2D eigenvalue weighted by Crippen LogP contribution is 2.44. The first kappa shape index (κ1) is 25.6. The molecule has 1 saturated heterocycles. The average molecular weight is 543 g/mol. The maximum absolute atomic E-state index is 13.0. The fourth-order valence-electron chi connectivity index (χ4n) is 5.07.